The van der Waals surface area contributed by atoms with Crippen LogP contribution in [0.2, 0.25) is 0 Å². The Morgan fingerprint density at radius 1 is 0.341 bits per heavy atom. The maximum Gasteiger partial charge on any atom is 0.0786 e. The summed E-state index contributed by atoms with van der Waals surface area (Å²) in [6.07, 6.45) is 16.8. The van der Waals surface area contributed by atoms with Crippen molar-refractivity contribution in [3.05, 3.63) is 0 Å². The summed E-state index contributed by atoms with van der Waals surface area (Å²) in [5.41, 5.74) is 0. The lowest BCUT2D eigenvalue weighted by molar-refractivity contribution is -0.923. The van der Waals surface area contributed by atoms with Crippen molar-refractivity contribution in [2.45, 2.75) is 160 Å². The Kier molecular flexibility index (Phi) is 38.0. The molecule has 0 aliphatic heterocycles. The van der Waals surface area contributed by atoms with Crippen molar-refractivity contribution in [2.75, 3.05) is 78.5 Å². The third-order valence-corrected chi connectivity index (χ3v) is 10.5. The zero-order valence-electron chi connectivity index (χ0n) is 32.4. The van der Waals surface area contributed by atoms with Crippen LogP contribution in [-0.2, 0) is 4.57 Å². The summed E-state index contributed by atoms with van der Waals surface area (Å²) in [6, 6.07) is 0. The molecule has 0 aromatic heterocycles. The van der Waals surface area contributed by atoms with Crippen LogP contribution in [0.5, 0.6) is 0 Å². The van der Waals surface area contributed by atoms with Crippen LogP contribution in [-0.4, -0.2) is 92.0 Å². The first kappa shape index (κ1) is 50.8. The molecule has 0 unspecified atom stereocenters. The van der Waals surface area contributed by atoms with Gasteiger partial charge in [0, 0.05) is 0 Å². The van der Waals surface area contributed by atoms with Crippen molar-refractivity contribution < 1.29 is 32.7 Å². The molecule has 7 nitrogen and oxygen atoms in total. The average Bonchev–Trinajstić information content (AvgIpc) is 3.02. The Morgan fingerprint density at radius 2 is 0.500 bits per heavy atom. The number of unbranched alkanes of at least 4 members (excludes halogenated alkanes) is 9. The van der Waals surface area contributed by atoms with Gasteiger partial charge in [-0.05, 0) is 101 Å². The summed E-state index contributed by atoms with van der Waals surface area (Å²) in [4.78, 5) is 25.6. The summed E-state index contributed by atoms with van der Waals surface area (Å²) in [7, 11) is -5.39. The van der Waals surface area contributed by atoms with E-state index in [2.05, 4.69) is 83.1 Å². The van der Waals surface area contributed by atoms with Gasteiger partial charge in [-0.25, -0.2) is 0 Å². The van der Waals surface area contributed by atoms with Crippen molar-refractivity contribution >= 4 is 7.82 Å². The van der Waals surface area contributed by atoms with E-state index in [0.717, 1.165) is 0 Å². The molecule has 0 heterocycles. The third-order valence-electron chi connectivity index (χ3n) is 10.5. The maximum absolute atomic E-state index is 8.55. The molecule has 8 heteroatoms. The number of phosphoric acid groups is 1. The second-order valence-corrected chi connectivity index (χ2v) is 13.6. The van der Waals surface area contributed by atoms with Crippen molar-refractivity contribution in [1.29, 1.82) is 0 Å². The van der Waals surface area contributed by atoms with E-state index in [4.69, 9.17) is 19.2 Å². The summed E-state index contributed by atoms with van der Waals surface area (Å²) < 4.78 is 12.5. The van der Waals surface area contributed by atoms with Crippen molar-refractivity contribution in [2.24, 2.45) is 0 Å². The highest BCUT2D eigenvalue weighted by Gasteiger charge is 2.20. The number of nitrogens with zero attached hydrogens (tertiary/aromatic N) is 3. The second-order valence-electron chi connectivity index (χ2n) is 12.7. The highest BCUT2D eigenvalue weighted by atomic mass is 31.2. The smallest absolute Gasteiger partial charge is 0.0786 e. The largest absolute Gasteiger partial charge is 0.822 e. The molecule has 272 valence electrons. The van der Waals surface area contributed by atoms with Gasteiger partial charge in [-0.3, -0.25) is 0 Å². The Hall–Kier alpha value is -0.0100. The minimum atomic E-state index is -5.39. The van der Waals surface area contributed by atoms with E-state index in [1.165, 1.54) is 169 Å². The van der Waals surface area contributed by atoms with Crippen molar-refractivity contribution in [3.8, 4) is 0 Å². The van der Waals surface area contributed by atoms with E-state index in [0.29, 0.717) is 0 Å². The first-order chi connectivity index (χ1) is 20.7. The monoisotopic (exact) mass is 654 g/mol. The molecule has 0 saturated carbocycles. The van der Waals surface area contributed by atoms with Crippen LogP contribution in [0.25, 0.3) is 0 Å². The normalized spacial score (nSPS) is 12.0. The maximum atomic E-state index is 8.55. The van der Waals surface area contributed by atoms with E-state index < -0.39 is 7.82 Å². The van der Waals surface area contributed by atoms with Gasteiger partial charge in [0.25, 0.3) is 0 Å². The highest BCUT2D eigenvalue weighted by Crippen LogP contribution is 2.12. The SMILES string of the molecule is CCCCCC[N+](CC)(CC)CC.CCCCCC[N+](CC)(CC)CC.CCCCCC[N+](CC)(CC)CC.O=P([O-])([O-])[O-]. The summed E-state index contributed by atoms with van der Waals surface area (Å²) >= 11 is 0. The molecule has 0 fully saturated rings. The number of rotatable bonds is 24. The van der Waals surface area contributed by atoms with Gasteiger partial charge in [0.2, 0.25) is 0 Å². The first-order valence-electron chi connectivity index (χ1n) is 19.0. The van der Waals surface area contributed by atoms with E-state index in [-0.39, 0.29) is 0 Å². The van der Waals surface area contributed by atoms with Gasteiger partial charge in [-0.2, -0.15) is 7.82 Å². The van der Waals surface area contributed by atoms with Crippen molar-refractivity contribution in [1.82, 2.24) is 0 Å². The van der Waals surface area contributed by atoms with E-state index in [1.807, 2.05) is 0 Å². The number of hydrogen-bond acceptors (Lipinski definition) is 4. The molecule has 0 aromatic carbocycles. The summed E-state index contributed by atoms with van der Waals surface area (Å²) in [5.74, 6) is 0. The van der Waals surface area contributed by atoms with Gasteiger partial charge in [-0.15, -0.1) is 0 Å². The first-order valence-corrected chi connectivity index (χ1v) is 20.5. The predicted molar refractivity (Wildman–Crippen MR) is 190 cm³/mol. The second kappa shape index (κ2) is 32.9. The number of quaternary nitrogens is 3. The number of hydrogen-bond donors (Lipinski definition) is 0. The molecule has 0 aliphatic rings. The van der Waals surface area contributed by atoms with Gasteiger partial charge < -0.3 is 32.7 Å². The van der Waals surface area contributed by atoms with Gasteiger partial charge in [0.15, 0.2) is 0 Å². The van der Waals surface area contributed by atoms with Crippen LogP contribution in [0.15, 0.2) is 0 Å². The lowest BCUT2D eigenvalue weighted by Crippen LogP contribution is -2.48. The predicted octanol–water partition coefficient (Wildman–Crippen LogP) is 7.51. The topological polar surface area (TPSA) is 86.2 Å². The minimum Gasteiger partial charge on any atom is -0.822 e. The molecule has 0 bridgehead atoms. The third kappa shape index (κ3) is 30.6. The fraction of sp³-hybridized carbons (Fsp3) is 1.00. The quantitative estimate of drug-likeness (QED) is 0.0613. The zero-order valence-corrected chi connectivity index (χ0v) is 33.3. The Bertz CT molecular complexity index is 505. The molecular formula is C36H84N3O4P. The van der Waals surface area contributed by atoms with Crippen LogP contribution in [0.3, 0.4) is 0 Å². The van der Waals surface area contributed by atoms with E-state index in [1.54, 1.807) is 0 Å². The molecule has 44 heavy (non-hydrogen) atoms. The molecule has 0 rings (SSSR count). The van der Waals surface area contributed by atoms with E-state index in [9.17, 15) is 0 Å². The van der Waals surface area contributed by atoms with Crippen LogP contribution >= 0.6 is 7.82 Å². The molecular weight excluding hydrogens is 569 g/mol. The van der Waals surface area contributed by atoms with Gasteiger partial charge in [0.05, 0.1) is 78.5 Å². The molecule has 0 spiro atoms. The standard InChI is InChI=1S/3C12H28N.H3O4P/c3*1-5-9-10-11-12-13(6-2,7-3)8-4;1-5(2,3)4/h3*5-12H2,1-4H3;(H3,1,2,3,4)/q3*+1;/p-3. The zero-order chi connectivity index (χ0) is 35.0. The van der Waals surface area contributed by atoms with E-state index >= 15 is 0 Å². The summed E-state index contributed by atoms with van der Waals surface area (Å²) in [6.45, 7) is 43.7. The molecule has 0 radical (unpaired) electrons. The molecule has 0 amide bonds. The molecule has 0 atom stereocenters. The Morgan fingerprint density at radius 3 is 0.614 bits per heavy atom. The lowest BCUT2D eigenvalue weighted by atomic mass is 10.2. The van der Waals surface area contributed by atoms with Crippen molar-refractivity contribution in [3.63, 3.8) is 0 Å². The Balaban J connectivity index is -0.000000253. The van der Waals surface area contributed by atoms with Crippen LogP contribution in [0.4, 0.5) is 0 Å². The molecule has 0 N–H and O–H groups in total. The molecule has 0 aliphatic carbocycles. The minimum absolute atomic E-state index is 1.30. The van der Waals surface area contributed by atoms with Crippen LogP contribution < -0.4 is 14.7 Å². The summed E-state index contributed by atoms with van der Waals surface area (Å²) in [5, 5.41) is 0. The van der Waals surface area contributed by atoms with Gasteiger partial charge >= 0.3 is 0 Å². The fourth-order valence-corrected chi connectivity index (χ4v) is 6.06. The van der Waals surface area contributed by atoms with Crippen LogP contribution in [0.1, 0.15) is 160 Å². The highest BCUT2D eigenvalue weighted by molar-refractivity contribution is 7.40. The Labute approximate surface area is 278 Å². The molecule has 0 aromatic rings. The van der Waals surface area contributed by atoms with Gasteiger partial charge in [0.1, 0.15) is 0 Å². The lowest BCUT2D eigenvalue weighted by Gasteiger charge is -2.36. The van der Waals surface area contributed by atoms with Gasteiger partial charge in [-0.1, -0.05) is 59.3 Å². The average molecular weight is 654 g/mol. The molecule has 0 saturated heterocycles. The fourth-order valence-electron chi connectivity index (χ4n) is 6.06. The van der Waals surface area contributed by atoms with Crippen LogP contribution in [0, 0.1) is 0 Å².